The highest BCUT2D eigenvalue weighted by Crippen LogP contribution is 2.10. The highest BCUT2D eigenvalue weighted by atomic mass is 16.6. The van der Waals surface area contributed by atoms with Crippen LogP contribution in [-0.2, 0) is 4.74 Å². The second-order valence-electron chi connectivity index (χ2n) is 5.13. The van der Waals surface area contributed by atoms with Gasteiger partial charge in [-0.05, 0) is 20.8 Å². The number of hydrogen-bond acceptors (Lipinski definition) is 4. The highest BCUT2D eigenvalue weighted by Gasteiger charge is 2.28. The van der Waals surface area contributed by atoms with E-state index in [1.807, 2.05) is 20.8 Å². The molecule has 0 saturated heterocycles. The minimum absolute atomic E-state index is 0.297. The Hall–Kier alpha value is -1.79. The molecule has 0 aliphatic carbocycles. The molecule has 0 unspecified atom stereocenters. The number of aliphatic imine (C=N–C) groups is 1. The van der Waals surface area contributed by atoms with E-state index in [-0.39, 0.29) is 6.09 Å². The average molecular weight is 256 g/mol. The van der Waals surface area contributed by atoms with Crippen molar-refractivity contribution in [3.05, 3.63) is 0 Å². The number of amidine groups is 1. The van der Waals surface area contributed by atoms with Crippen LogP contribution in [0.1, 0.15) is 20.8 Å². The summed E-state index contributed by atoms with van der Waals surface area (Å²) in [4.78, 5) is 17.3. The van der Waals surface area contributed by atoms with Crippen LogP contribution in [0.15, 0.2) is 4.99 Å². The summed E-state index contributed by atoms with van der Waals surface area (Å²) in [6, 6.07) is 0. The first-order chi connectivity index (χ1) is 8.24. The van der Waals surface area contributed by atoms with Gasteiger partial charge in [0.1, 0.15) is 12.1 Å². The molecule has 7 nitrogen and oxygen atoms in total. The van der Waals surface area contributed by atoms with Gasteiger partial charge in [-0.15, -0.1) is 0 Å². The van der Waals surface area contributed by atoms with Gasteiger partial charge in [0.2, 0.25) is 0 Å². The van der Waals surface area contributed by atoms with E-state index in [0.717, 1.165) is 0 Å². The third kappa shape index (κ3) is 3.61. The van der Waals surface area contributed by atoms with E-state index in [0.29, 0.717) is 31.4 Å². The van der Waals surface area contributed by atoms with Gasteiger partial charge in [0.15, 0.2) is 5.84 Å². The van der Waals surface area contributed by atoms with Crippen molar-refractivity contribution in [1.82, 2.24) is 4.90 Å². The van der Waals surface area contributed by atoms with Crippen molar-refractivity contribution in [3.63, 3.8) is 0 Å². The molecule has 1 aliphatic rings. The third-order valence-electron chi connectivity index (χ3n) is 2.45. The molecule has 18 heavy (non-hydrogen) atoms. The number of hydrogen-bond donors (Lipinski definition) is 2. The van der Waals surface area contributed by atoms with Crippen molar-refractivity contribution in [2.45, 2.75) is 26.4 Å². The van der Waals surface area contributed by atoms with Crippen LogP contribution in [-0.4, -0.2) is 59.6 Å². The van der Waals surface area contributed by atoms with Gasteiger partial charge in [-0.3, -0.25) is 4.90 Å². The smallest absolute Gasteiger partial charge is 0.410 e. The highest BCUT2D eigenvalue weighted by molar-refractivity contribution is 5.87. The van der Waals surface area contributed by atoms with Gasteiger partial charge in [-0.2, -0.15) is 4.99 Å². The van der Waals surface area contributed by atoms with Crippen molar-refractivity contribution >= 4 is 17.9 Å². The van der Waals surface area contributed by atoms with Crippen LogP contribution < -0.4 is 11.5 Å². The molecule has 1 amide bonds. The van der Waals surface area contributed by atoms with Crippen molar-refractivity contribution < 1.29 is 14.1 Å². The summed E-state index contributed by atoms with van der Waals surface area (Å²) in [5.74, 6) is 0.853. The lowest BCUT2D eigenvalue weighted by Crippen LogP contribution is -2.54. The first-order valence-electron chi connectivity index (χ1n) is 5.83. The molecule has 102 valence electrons. The number of nitrogens with two attached hydrogens (primary N) is 2. The molecule has 0 fully saturated rings. The van der Waals surface area contributed by atoms with Gasteiger partial charge >= 0.3 is 12.1 Å². The molecule has 7 heteroatoms. The monoisotopic (exact) mass is 256 g/mol. The Bertz CT molecular complexity index is 395. The van der Waals surface area contributed by atoms with Crippen LogP contribution in [0, 0.1) is 0 Å². The number of amides is 1. The average Bonchev–Trinajstić information content (AvgIpc) is 2.25. The maximum absolute atomic E-state index is 11.9. The summed E-state index contributed by atoms with van der Waals surface area (Å²) in [6.07, 6.45) is -0.364. The number of carbonyl (C=O) groups excluding carboxylic acids is 1. The fourth-order valence-electron chi connectivity index (χ4n) is 1.59. The lowest BCUT2D eigenvalue weighted by molar-refractivity contribution is -0.419. The van der Waals surface area contributed by atoms with Gasteiger partial charge < -0.3 is 16.2 Å². The lowest BCUT2D eigenvalue weighted by atomic mass is 10.2. The minimum atomic E-state index is -0.507. The Morgan fingerprint density at radius 3 is 2.56 bits per heavy atom. The number of ether oxygens (including phenoxy) is 1. The van der Waals surface area contributed by atoms with E-state index in [2.05, 4.69) is 4.99 Å². The molecule has 0 saturated carbocycles. The number of nitrogens with zero attached hydrogens (tertiary/aromatic N) is 3. The molecular weight excluding hydrogens is 234 g/mol. The van der Waals surface area contributed by atoms with Crippen molar-refractivity contribution in [2.75, 3.05) is 26.7 Å². The van der Waals surface area contributed by atoms with Gasteiger partial charge in [0.05, 0.1) is 20.1 Å². The summed E-state index contributed by atoms with van der Waals surface area (Å²) in [5, 5.41) is 0. The standard InChI is InChI=1S/C11H21N5O2/c1-11(2,3)18-10(17)15-5-6-16(8(12)7-15)9(13)14-4/h12H,5-7H2,1-4H3,(H2,13,14)/p+1. The summed E-state index contributed by atoms with van der Waals surface area (Å²) in [5.41, 5.74) is 11.1. The topological polar surface area (TPSA) is 97.0 Å². The van der Waals surface area contributed by atoms with Crippen LogP contribution in [0.25, 0.3) is 0 Å². The van der Waals surface area contributed by atoms with E-state index in [9.17, 15) is 4.79 Å². The Morgan fingerprint density at radius 1 is 1.50 bits per heavy atom. The predicted molar refractivity (Wildman–Crippen MR) is 69.7 cm³/mol. The van der Waals surface area contributed by atoms with E-state index < -0.39 is 5.60 Å². The van der Waals surface area contributed by atoms with Crippen molar-refractivity contribution in [3.8, 4) is 0 Å². The molecule has 0 aromatic carbocycles. The van der Waals surface area contributed by atoms with Crippen LogP contribution in [0.2, 0.25) is 0 Å². The number of rotatable bonds is 0. The Morgan fingerprint density at radius 2 is 2.11 bits per heavy atom. The van der Waals surface area contributed by atoms with Crippen molar-refractivity contribution in [2.24, 2.45) is 16.5 Å². The van der Waals surface area contributed by atoms with Crippen LogP contribution >= 0.6 is 0 Å². The van der Waals surface area contributed by atoms with Gasteiger partial charge in [-0.25, -0.2) is 9.37 Å². The lowest BCUT2D eigenvalue weighted by Gasteiger charge is -2.30. The Labute approximate surface area is 107 Å². The second-order valence-corrected chi connectivity index (χ2v) is 5.13. The number of guanidine groups is 1. The van der Waals surface area contributed by atoms with Gasteiger partial charge in [0.25, 0.3) is 0 Å². The molecule has 4 N–H and O–H groups in total. The molecule has 0 bridgehead atoms. The fraction of sp³-hybridized carbons (Fsp3) is 0.727. The normalized spacial score (nSPS) is 18.0. The molecule has 1 heterocycles. The van der Waals surface area contributed by atoms with E-state index in [1.54, 1.807) is 16.5 Å². The van der Waals surface area contributed by atoms with Crippen LogP contribution in [0.5, 0.6) is 0 Å². The summed E-state index contributed by atoms with van der Waals surface area (Å²) >= 11 is 0. The summed E-state index contributed by atoms with van der Waals surface area (Å²) in [7, 11) is 1.60. The molecule has 1 rings (SSSR count). The zero-order chi connectivity index (χ0) is 13.9. The first kappa shape index (κ1) is 14.3. The molecule has 0 radical (unpaired) electrons. The van der Waals surface area contributed by atoms with Crippen LogP contribution in [0.3, 0.4) is 0 Å². The number of carbonyl (C=O) groups is 1. The Balaban J connectivity index is 2.73. The molecule has 0 aromatic heterocycles. The summed E-state index contributed by atoms with van der Waals surface area (Å²) < 4.78 is 6.98. The molecular formula is C11H22N5O2+. The molecule has 1 aliphatic heterocycles. The first-order valence-corrected chi connectivity index (χ1v) is 5.83. The van der Waals surface area contributed by atoms with Gasteiger partial charge in [-0.1, -0.05) is 0 Å². The van der Waals surface area contributed by atoms with E-state index >= 15 is 0 Å². The van der Waals surface area contributed by atoms with E-state index in [1.165, 1.54) is 0 Å². The largest absolute Gasteiger partial charge is 0.444 e. The van der Waals surface area contributed by atoms with Crippen LogP contribution in [0.4, 0.5) is 4.79 Å². The quantitative estimate of drug-likeness (QED) is 0.348. The predicted octanol–water partition coefficient (Wildman–Crippen LogP) is -0.449. The Kier molecular flexibility index (Phi) is 4.15. The summed E-state index contributed by atoms with van der Waals surface area (Å²) in [6.45, 7) is 6.81. The SMILES string of the molecule is CN=C(N)[N+]1=C(N)CN(C(=O)OC(C)(C)C)CC1. The molecule has 0 atom stereocenters. The maximum Gasteiger partial charge on any atom is 0.410 e. The van der Waals surface area contributed by atoms with Gasteiger partial charge in [0, 0.05) is 0 Å². The molecule has 0 spiro atoms. The molecule has 0 aromatic rings. The third-order valence-corrected chi connectivity index (χ3v) is 2.45. The zero-order valence-electron chi connectivity index (χ0n) is 11.4. The second kappa shape index (κ2) is 5.24. The van der Waals surface area contributed by atoms with Crippen molar-refractivity contribution in [1.29, 1.82) is 0 Å². The fourth-order valence-corrected chi connectivity index (χ4v) is 1.59. The van der Waals surface area contributed by atoms with E-state index in [4.69, 9.17) is 16.2 Å². The maximum atomic E-state index is 11.9. The zero-order valence-corrected chi connectivity index (χ0v) is 11.4. The minimum Gasteiger partial charge on any atom is -0.444 e.